The Kier molecular flexibility index (Phi) is 3.22. The van der Waals surface area contributed by atoms with Gasteiger partial charge in [0.25, 0.3) is 0 Å². The van der Waals surface area contributed by atoms with Crippen molar-refractivity contribution >= 4 is 34.0 Å². The molecule has 1 aliphatic heterocycles. The average Bonchev–Trinajstić information content (AvgIpc) is 3.05. The van der Waals surface area contributed by atoms with Crippen molar-refractivity contribution in [2.24, 2.45) is 0 Å². The normalized spacial score (nSPS) is 12.5. The van der Waals surface area contributed by atoms with Gasteiger partial charge in [0.1, 0.15) is 10.9 Å². The van der Waals surface area contributed by atoms with E-state index >= 15 is 0 Å². The van der Waals surface area contributed by atoms with Crippen LogP contribution in [0.25, 0.3) is 10.6 Å². The lowest BCUT2D eigenvalue weighted by Crippen LogP contribution is -2.12. The lowest BCUT2D eigenvalue weighted by Gasteiger charge is -1.98. The molecule has 0 spiro atoms. The van der Waals surface area contributed by atoms with E-state index in [0.29, 0.717) is 21.6 Å². The fraction of sp³-hybridized carbons (Fsp3) is 0.182. The number of ether oxygens (including phenoxy) is 2. The largest absolute Gasteiger partial charge is 0.454 e. The molecule has 98 valence electrons. The smallest absolute Gasteiger partial charge is 0.241 e. The first-order valence-corrected chi connectivity index (χ1v) is 6.71. The molecule has 6 nitrogen and oxygen atoms in total. The first-order chi connectivity index (χ1) is 9.26. The highest BCUT2D eigenvalue weighted by Gasteiger charge is 2.16. The fourth-order valence-electron chi connectivity index (χ4n) is 1.57. The van der Waals surface area contributed by atoms with E-state index < -0.39 is 0 Å². The Morgan fingerprint density at radius 1 is 1.37 bits per heavy atom. The maximum absolute atomic E-state index is 11.1. The summed E-state index contributed by atoms with van der Waals surface area (Å²) in [5.41, 5.74) is 0.855. The molecule has 0 unspecified atom stereocenters. The second kappa shape index (κ2) is 5.02. The van der Waals surface area contributed by atoms with E-state index in [-0.39, 0.29) is 18.6 Å². The summed E-state index contributed by atoms with van der Waals surface area (Å²) in [6, 6.07) is 5.51. The Hall–Kier alpha value is -1.86. The number of hydrogen-bond acceptors (Lipinski definition) is 6. The number of carbonyl (C=O) groups excluding carboxylic acids is 1. The van der Waals surface area contributed by atoms with Gasteiger partial charge in [-0.05, 0) is 18.2 Å². The zero-order valence-corrected chi connectivity index (χ0v) is 11.1. The Balaban J connectivity index is 1.84. The number of hydrogen-bond donors (Lipinski definition) is 1. The van der Waals surface area contributed by atoms with Gasteiger partial charge in [-0.15, -0.1) is 21.8 Å². The third-order valence-electron chi connectivity index (χ3n) is 2.41. The number of carbonyl (C=O) groups is 1. The standard InChI is InChI=1S/C11H8ClN3O3S/c12-4-9(16)13-11-15-14-10(19-11)6-1-2-7-8(3-6)18-5-17-7/h1-3H,4-5H2,(H,13,15,16). The van der Waals surface area contributed by atoms with E-state index in [9.17, 15) is 4.79 Å². The van der Waals surface area contributed by atoms with E-state index in [1.807, 2.05) is 18.2 Å². The van der Waals surface area contributed by atoms with Gasteiger partial charge >= 0.3 is 0 Å². The number of rotatable bonds is 3. The first kappa shape index (κ1) is 12.2. The van der Waals surface area contributed by atoms with Crippen molar-refractivity contribution in [3.8, 4) is 22.1 Å². The van der Waals surface area contributed by atoms with Crippen LogP contribution in [0.15, 0.2) is 18.2 Å². The van der Waals surface area contributed by atoms with Crippen LogP contribution in [0.1, 0.15) is 0 Å². The monoisotopic (exact) mass is 297 g/mol. The molecule has 0 saturated carbocycles. The molecule has 0 saturated heterocycles. The van der Waals surface area contributed by atoms with Crippen LogP contribution in [0, 0.1) is 0 Å². The van der Waals surface area contributed by atoms with Crippen LogP contribution < -0.4 is 14.8 Å². The predicted molar refractivity (Wildman–Crippen MR) is 70.8 cm³/mol. The molecule has 1 aromatic carbocycles. The zero-order chi connectivity index (χ0) is 13.2. The summed E-state index contributed by atoms with van der Waals surface area (Å²) >= 11 is 6.67. The van der Waals surface area contributed by atoms with Crippen LogP contribution in [-0.2, 0) is 4.79 Å². The van der Waals surface area contributed by atoms with Gasteiger partial charge in [0.05, 0.1) is 0 Å². The molecular weight excluding hydrogens is 290 g/mol. The molecule has 0 fully saturated rings. The van der Waals surface area contributed by atoms with Crippen molar-refractivity contribution in [3.05, 3.63) is 18.2 Å². The van der Waals surface area contributed by atoms with Crippen molar-refractivity contribution in [2.45, 2.75) is 0 Å². The summed E-state index contributed by atoms with van der Waals surface area (Å²) in [5.74, 6) is 0.969. The van der Waals surface area contributed by atoms with Gasteiger partial charge in [-0.25, -0.2) is 0 Å². The SMILES string of the molecule is O=C(CCl)Nc1nnc(-c2ccc3c(c2)OCO3)s1. The lowest BCUT2D eigenvalue weighted by atomic mass is 10.2. The maximum atomic E-state index is 11.1. The highest BCUT2D eigenvalue weighted by atomic mass is 35.5. The number of aromatic nitrogens is 2. The summed E-state index contributed by atoms with van der Waals surface area (Å²) in [5, 5.41) is 11.5. The van der Waals surface area contributed by atoms with Crippen molar-refractivity contribution in [1.82, 2.24) is 10.2 Å². The number of benzene rings is 1. The van der Waals surface area contributed by atoms with Crippen molar-refractivity contribution in [3.63, 3.8) is 0 Å². The molecule has 3 rings (SSSR count). The average molecular weight is 298 g/mol. The predicted octanol–water partition coefficient (Wildman–Crippen LogP) is 2.11. The number of halogens is 1. The van der Waals surface area contributed by atoms with E-state index in [1.165, 1.54) is 11.3 Å². The molecule has 1 aromatic heterocycles. The lowest BCUT2D eigenvalue weighted by molar-refractivity contribution is -0.113. The number of fused-ring (bicyclic) bond motifs is 1. The topological polar surface area (TPSA) is 73.3 Å². The Labute approximate surface area is 117 Å². The van der Waals surface area contributed by atoms with E-state index in [1.54, 1.807) is 0 Å². The van der Waals surface area contributed by atoms with Crippen molar-refractivity contribution < 1.29 is 14.3 Å². The van der Waals surface area contributed by atoms with E-state index in [0.717, 1.165) is 5.56 Å². The molecule has 2 aromatic rings. The molecule has 2 heterocycles. The highest BCUT2D eigenvalue weighted by molar-refractivity contribution is 7.18. The number of anilines is 1. The van der Waals surface area contributed by atoms with Crippen LogP contribution in [0.5, 0.6) is 11.5 Å². The quantitative estimate of drug-likeness (QED) is 0.878. The van der Waals surface area contributed by atoms with Gasteiger partial charge in [-0.3, -0.25) is 10.1 Å². The summed E-state index contributed by atoms with van der Waals surface area (Å²) in [4.78, 5) is 11.1. The van der Waals surface area contributed by atoms with E-state index in [2.05, 4.69) is 15.5 Å². The fourth-order valence-corrected chi connectivity index (χ4v) is 2.40. The second-order valence-corrected chi connectivity index (χ2v) is 4.91. The molecule has 1 amide bonds. The highest BCUT2D eigenvalue weighted by Crippen LogP contribution is 2.37. The minimum Gasteiger partial charge on any atom is -0.454 e. The summed E-state index contributed by atoms with van der Waals surface area (Å²) in [6.07, 6.45) is 0. The second-order valence-electron chi connectivity index (χ2n) is 3.66. The van der Waals surface area contributed by atoms with Crippen LogP contribution >= 0.6 is 22.9 Å². The van der Waals surface area contributed by atoms with E-state index in [4.69, 9.17) is 21.1 Å². The Bertz CT molecular complexity index is 631. The number of nitrogens with zero attached hydrogens (tertiary/aromatic N) is 2. The number of nitrogens with one attached hydrogen (secondary N) is 1. The van der Waals surface area contributed by atoms with Gasteiger partial charge in [0.2, 0.25) is 17.8 Å². The maximum Gasteiger partial charge on any atom is 0.241 e. The van der Waals surface area contributed by atoms with Crippen LogP contribution in [0.2, 0.25) is 0 Å². The van der Waals surface area contributed by atoms with Crippen LogP contribution in [0.3, 0.4) is 0 Å². The van der Waals surface area contributed by atoms with Gasteiger partial charge < -0.3 is 9.47 Å². The molecule has 1 N–H and O–H groups in total. The molecule has 1 aliphatic rings. The zero-order valence-electron chi connectivity index (χ0n) is 9.55. The molecule has 0 aliphatic carbocycles. The molecule has 0 atom stereocenters. The molecule has 19 heavy (non-hydrogen) atoms. The van der Waals surface area contributed by atoms with Gasteiger partial charge in [-0.1, -0.05) is 11.3 Å². The summed E-state index contributed by atoms with van der Waals surface area (Å²) in [7, 11) is 0. The number of amides is 1. The Morgan fingerprint density at radius 3 is 3.05 bits per heavy atom. The van der Waals surface area contributed by atoms with Gasteiger partial charge in [0, 0.05) is 5.56 Å². The first-order valence-electron chi connectivity index (χ1n) is 5.35. The van der Waals surface area contributed by atoms with Crippen molar-refractivity contribution in [2.75, 3.05) is 18.0 Å². The molecule has 0 bridgehead atoms. The molecular formula is C11H8ClN3O3S. The summed E-state index contributed by atoms with van der Waals surface area (Å²) < 4.78 is 10.5. The number of alkyl halides is 1. The minimum absolute atomic E-state index is 0.112. The van der Waals surface area contributed by atoms with Crippen molar-refractivity contribution in [1.29, 1.82) is 0 Å². The molecule has 0 radical (unpaired) electrons. The van der Waals surface area contributed by atoms with Crippen LogP contribution in [-0.4, -0.2) is 28.8 Å². The van der Waals surface area contributed by atoms with Gasteiger partial charge in [-0.2, -0.15) is 0 Å². The van der Waals surface area contributed by atoms with Gasteiger partial charge in [0.15, 0.2) is 11.5 Å². The molecule has 8 heteroatoms. The minimum atomic E-state index is -0.310. The third kappa shape index (κ3) is 2.47. The third-order valence-corrected chi connectivity index (χ3v) is 3.54. The summed E-state index contributed by atoms with van der Waals surface area (Å²) in [6.45, 7) is 0.228. The van der Waals surface area contributed by atoms with Crippen LogP contribution in [0.4, 0.5) is 5.13 Å². The Morgan fingerprint density at radius 2 is 2.21 bits per heavy atom.